The molecule has 1 aromatic heterocycles. The van der Waals surface area contributed by atoms with E-state index < -0.39 is 0 Å². The summed E-state index contributed by atoms with van der Waals surface area (Å²) in [4.78, 5) is 8.70. The number of pyridine rings is 1. The van der Waals surface area contributed by atoms with E-state index in [1.807, 2.05) is 24.3 Å². The standard InChI is InChI=1S/C14H13N5/c15-9-11(12-3-1-2-7-16-12)13-6-8-17-14(19-13)18-10-4-5-10/h1-3,6-8,10H,4-5H2,(H2,17,18,19). The smallest absolute Gasteiger partial charge is 0.200 e. The van der Waals surface area contributed by atoms with Crippen molar-refractivity contribution in [3.8, 4) is 6.07 Å². The fourth-order valence-corrected chi connectivity index (χ4v) is 1.78. The Kier molecular flexibility index (Phi) is 2.99. The predicted octanol–water partition coefficient (Wildman–Crippen LogP) is 1.54. The van der Waals surface area contributed by atoms with Crippen molar-refractivity contribution >= 4 is 11.5 Å². The molecule has 0 unspecified atom stereocenters. The van der Waals surface area contributed by atoms with E-state index in [4.69, 9.17) is 0 Å². The van der Waals surface area contributed by atoms with Crippen molar-refractivity contribution in [1.82, 2.24) is 15.6 Å². The van der Waals surface area contributed by atoms with Crippen LogP contribution in [0.15, 0.2) is 47.4 Å². The highest BCUT2D eigenvalue weighted by Gasteiger charge is 2.22. The van der Waals surface area contributed by atoms with Gasteiger partial charge in [0.05, 0.1) is 17.4 Å². The van der Waals surface area contributed by atoms with Gasteiger partial charge in [-0.2, -0.15) is 5.26 Å². The molecule has 0 radical (unpaired) electrons. The molecule has 0 spiro atoms. The Morgan fingerprint density at radius 2 is 2.32 bits per heavy atom. The van der Waals surface area contributed by atoms with Gasteiger partial charge in [0, 0.05) is 12.4 Å². The van der Waals surface area contributed by atoms with Gasteiger partial charge < -0.3 is 10.6 Å². The number of nitrogens with zero attached hydrogens (tertiary/aromatic N) is 3. The monoisotopic (exact) mass is 251 g/mol. The average Bonchev–Trinajstić information content (AvgIpc) is 3.25. The lowest BCUT2D eigenvalue weighted by atomic mass is 10.1. The van der Waals surface area contributed by atoms with Gasteiger partial charge in [-0.1, -0.05) is 6.07 Å². The number of rotatable bonds is 2. The second kappa shape index (κ2) is 4.94. The number of hydrogen-bond donors (Lipinski definition) is 2. The zero-order chi connectivity index (χ0) is 13.1. The summed E-state index contributed by atoms with van der Waals surface area (Å²) in [5.41, 5.74) is 1.89. The van der Waals surface area contributed by atoms with Gasteiger partial charge in [-0.25, -0.2) is 4.99 Å². The van der Waals surface area contributed by atoms with Gasteiger partial charge in [-0.15, -0.1) is 0 Å². The van der Waals surface area contributed by atoms with Crippen molar-refractivity contribution in [3.63, 3.8) is 0 Å². The van der Waals surface area contributed by atoms with Gasteiger partial charge in [-0.05, 0) is 31.1 Å². The molecule has 94 valence electrons. The van der Waals surface area contributed by atoms with Crippen molar-refractivity contribution < 1.29 is 0 Å². The molecule has 1 fully saturated rings. The lowest BCUT2D eigenvalue weighted by Gasteiger charge is -2.16. The SMILES string of the molecule is N#CC(=C1C=CNC(=NC2CC2)N1)c1ccccn1. The lowest BCUT2D eigenvalue weighted by Crippen LogP contribution is -2.37. The van der Waals surface area contributed by atoms with E-state index in [-0.39, 0.29) is 0 Å². The summed E-state index contributed by atoms with van der Waals surface area (Å²) in [6, 6.07) is 8.13. The van der Waals surface area contributed by atoms with Crippen LogP contribution in [0.2, 0.25) is 0 Å². The van der Waals surface area contributed by atoms with Crippen molar-refractivity contribution in [2.45, 2.75) is 18.9 Å². The van der Waals surface area contributed by atoms with Gasteiger partial charge in [-0.3, -0.25) is 4.98 Å². The number of nitriles is 1. The molecule has 2 aliphatic rings. The Bertz CT molecular complexity index is 602. The largest absolute Gasteiger partial charge is 0.333 e. The van der Waals surface area contributed by atoms with E-state index in [0.29, 0.717) is 23.3 Å². The first-order chi connectivity index (χ1) is 9.36. The molecule has 0 atom stereocenters. The van der Waals surface area contributed by atoms with E-state index in [1.165, 1.54) is 0 Å². The fourth-order valence-electron chi connectivity index (χ4n) is 1.78. The maximum absolute atomic E-state index is 9.33. The maximum Gasteiger partial charge on any atom is 0.200 e. The van der Waals surface area contributed by atoms with E-state index in [2.05, 4.69) is 26.7 Å². The first kappa shape index (κ1) is 11.5. The Morgan fingerprint density at radius 3 is 3.00 bits per heavy atom. The van der Waals surface area contributed by atoms with Crippen molar-refractivity contribution in [2.75, 3.05) is 0 Å². The molecule has 0 bridgehead atoms. The number of aromatic nitrogens is 1. The van der Waals surface area contributed by atoms with Gasteiger partial charge in [0.2, 0.25) is 0 Å². The van der Waals surface area contributed by atoms with Crippen LogP contribution in [0.4, 0.5) is 0 Å². The molecular formula is C14H13N5. The van der Waals surface area contributed by atoms with Crippen LogP contribution in [-0.4, -0.2) is 17.0 Å². The molecule has 0 aromatic carbocycles. The topological polar surface area (TPSA) is 73.1 Å². The molecule has 1 aliphatic heterocycles. The minimum absolute atomic E-state index is 0.420. The third-order valence-corrected chi connectivity index (χ3v) is 2.88. The van der Waals surface area contributed by atoms with Gasteiger partial charge in [0.15, 0.2) is 5.96 Å². The highest BCUT2D eigenvalue weighted by molar-refractivity contribution is 5.89. The molecule has 1 saturated carbocycles. The van der Waals surface area contributed by atoms with Crippen LogP contribution in [0, 0.1) is 11.3 Å². The fraction of sp³-hybridized carbons (Fsp3) is 0.214. The molecule has 5 nitrogen and oxygen atoms in total. The van der Waals surface area contributed by atoms with Crippen LogP contribution in [0.5, 0.6) is 0 Å². The van der Waals surface area contributed by atoms with E-state index in [1.54, 1.807) is 12.4 Å². The summed E-state index contributed by atoms with van der Waals surface area (Å²) < 4.78 is 0. The van der Waals surface area contributed by atoms with Gasteiger partial charge >= 0.3 is 0 Å². The lowest BCUT2D eigenvalue weighted by molar-refractivity contribution is 0.958. The average molecular weight is 251 g/mol. The third kappa shape index (κ3) is 2.63. The number of aliphatic imine (C=N–C) groups is 1. The molecule has 0 amide bonds. The maximum atomic E-state index is 9.33. The quantitative estimate of drug-likeness (QED) is 0.782. The van der Waals surface area contributed by atoms with Crippen molar-refractivity contribution in [1.29, 1.82) is 5.26 Å². The Labute approximate surface area is 111 Å². The normalized spacial score (nSPS) is 22.4. The summed E-state index contributed by atoms with van der Waals surface area (Å²) in [5.74, 6) is 0.698. The molecule has 1 aliphatic carbocycles. The second-order valence-electron chi connectivity index (χ2n) is 4.43. The molecule has 0 saturated heterocycles. The number of nitrogens with one attached hydrogen (secondary N) is 2. The van der Waals surface area contributed by atoms with Crippen LogP contribution in [0.25, 0.3) is 5.57 Å². The molecule has 5 heteroatoms. The molecule has 3 rings (SSSR count). The second-order valence-corrected chi connectivity index (χ2v) is 4.43. The van der Waals surface area contributed by atoms with Gasteiger partial charge in [0.25, 0.3) is 0 Å². The van der Waals surface area contributed by atoms with E-state index >= 15 is 0 Å². The summed E-state index contributed by atoms with van der Waals surface area (Å²) in [7, 11) is 0. The summed E-state index contributed by atoms with van der Waals surface area (Å²) >= 11 is 0. The third-order valence-electron chi connectivity index (χ3n) is 2.88. The van der Waals surface area contributed by atoms with Crippen LogP contribution in [-0.2, 0) is 0 Å². The molecular weight excluding hydrogens is 238 g/mol. The zero-order valence-corrected chi connectivity index (χ0v) is 10.3. The van der Waals surface area contributed by atoms with Crippen LogP contribution in [0.3, 0.4) is 0 Å². The predicted molar refractivity (Wildman–Crippen MR) is 72.6 cm³/mol. The zero-order valence-electron chi connectivity index (χ0n) is 10.3. The molecule has 1 aromatic rings. The van der Waals surface area contributed by atoms with Gasteiger partial charge in [0.1, 0.15) is 11.6 Å². The minimum Gasteiger partial charge on any atom is -0.333 e. The number of guanidine groups is 1. The summed E-state index contributed by atoms with van der Waals surface area (Å²) in [6.07, 6.45) is 7.56. The Hall–Kier alpha value is -2.61. The highest BCUT2D eigenvalue weighted by Crippen LogP contribution is 2.24. The van der Waals surface area contributed by atoms with Crippen LogP contribution < -0.4 is 10.6 Å². The molecule has 19 heavy (non-hydrogen) atoms. The Morgan fingerprint density at radius 1 is 1.42 bits per heavy atom. The highest BCUT2D eigenvalue weighted by atomic mass is 15.2. The molecule has 2 heterocycles. The first-order valence-corrected chi connectivity index (χ1v) is 6.20. The Balaban J connectivity index is 1.94. The van der Waals surface area contributed by atoms with Crippen LogP contribution in [0.1, 0.15) is 18.5 Å². The van der Waals surface area contributed by atoms with E-state index in [0.717, 1.165) is 18.5 Å². The van der Waals surface area contributed by atoms with Crippen molar-refractivity contribution in [2.24, 2.45) is 4.99 Å². The molecule has 2 N–H and O–H groups in total. The summed E-state index contributed by atoms with van der Waals surface area (Å²) in [5, 5.41) is 15.5. The van der Waals surface area contributed by atoms with E-state index in [9.17, 15) is 5.26 Å². The summed E-state index contributed by atoms with van der Waals surface area (Å²) in [6.45, 7) is 0. The number of allylic oxidation sites excluding steroid dienone is 2. The minimum atomic E-state index is 0.420. The first-order valence-electron chi connectivity index (χ1n) is 6.20. The van der Waals surface area contributed by atoms with Crippen molar-refractivity contribution in [3.05, 3.63) is 48.1 Å². The van der Waals surface area contributed by atoms with Crippen LogP contribution >= 0.6 is 0 Å². The number of hydrogen-bond acceptors (Lipinski definition) is 3.